The van der Waals surface area contributed by atoms with Gasteiger partial charge >= 0.3 is 5.69 Å². The zero-order chi connectivity index (χ0) is 18.1. The molecule has 0 amide bonds. The molecule has 1 saturated heterocycles. The van der Waals surface area contributed by atoms with Crippen molar-refractivity contribution in [1.29, 1.82) is 0 Å². The maximum absolute atomic E-state index is 11.7. The van der Waals surface area contributed by atoms with E-state index in [1.165, 1.54) is 62.7 Å². The quantitative estimate of drug-likeness (QED) is 0.821. The Bertz CT molecular complexity index is 799. The first-order valence-corrected chi connectivity index (χ1v) is 10.2. The Kier molecular flexibility index (Phi) is 6.66. The molecule has 5 nitrogen and oxygen atoms in total. The van der Waals surface area contributed by atoms with Gasteiger partial charge in [0.15, 0.2) is 0 Å². The molecule has 2 heterocycles. The monoisotopic (exact) mass is 393 g/mol. The van der Waals surface area contributed by atoms with E-state index in [2.05, 4.69) is 40.8 Å². The molecule has 0 bridgehead atoms. The van der Waals surface area contributed by atoms with Crippen LogP contribution in [0.1, 0.15) is 62.5 Å². The van der Waals surface area contributed by atoms with Crippen LogP contribution in [0.4, 0.5) is 0 Å². The average molecular weight is 394 g/mol. The highest BCUT2D eigenvalue weighted by Gasteiger charge is 2.30. The Morgan fingerprint density at radius 1 is 1.07 bits per heavy atom. The molecule has 1 aliphatic heterocycles. The van der Waals surface area contributed by atoms with Gasteiger partial charge in [-0.15, -0.1) is 12.4 Å². The van der Waals surface area contributed by atoms with Crippen LogP contribution in [0.2, 0.25) is 0 Å². The molecule has 1 aliphatic carbocycles. The van der Waals surface area contributed by atoms with E-state index >= 15 is 0 Å². The van der Waals surface area contributed by atoms with Crippen LogP contribution in [0.25, 0.3) is 11.0 Å². The van der Waals surface area contributed by atoms with Crippen molar-refractivity contribution in [3.8, 4) is 0 Å². The molecule has 0 unspecified atom stereocenters. The lowest BCUT2D eigenvalue weighted by atomic mass is 9.85. The molecule has 1 aromatic heterocycles. The van der Waals surface area contributed by atoms with Gasteiger partial charge in [-0.2, -0.15) is 0 Å². The van der Waals surface area contributed by atoms with Gasteiger partial charge in [0.1, 0.15) is 0 Å². The molecule has 2 aromatic rings. The number of imidazole rings is 1. The highest BCUT2D eigenvalue weighted by molar-refractivity contribution is 5.85. The van der Waals surface area contributed by atoms with Gasteiger partial charge in [0, 0.05) is 12.6 Å². The number of hydrogen-bond acceptors (Lipinski definition) is 3. The smallest absolute Gasteiger partial charge is 0.323 e. The number of benzene rings is 1. The molecular weight excluding hydrogens is 362 g/mol. The minimum Gasteiger partial charge on any atom is -0.379 e. The molecule has 0 atom stereocenters. The van der Waals surface area contributed by atoms with Crippen LogP contribution in [0.15, 0.2) is 16.9 Å². The summed E-state index contributed by atoms with van der Waals surface area (Å²) >= 11 is 0. The number of fused-ring (bicyclic) bond motifs is 1. The van der Waals surface area contributed by atoms with Crippen LogP contribution in [0, 0.1) is 6.92 Å². The van der Waals surface area contributed by atoms with Crippen molar-refractivity contribution in [2.75, 3.05) is 19.7 Å². The van der Waals surface area contributed by atoms with E-state index in [4.69, 9.17) is 4.74 Å². The van der Waals surface area contributed by atoms with Crippen molar-refractivity contribution >= 4 is 23.4 Å². The molecule has 2 fully saturated rings. The van der Waals surface area contributed by atoms with Gasteiger partial charge in [0.2, 0.25) is 0 Å². The predicted molar refractivity (Wildman–Crippen MR) is 112 cm³/mol. The van der Waals surface area contributed by atoms with E-state index in [1.807, 2.05) is 0 Å². The normalized spacial score (nSPS) is 24.8. The number of nitrogens with zero attached hydrogens (tertiary/aromatic N) is 1. The standard InChI is InChI=1S/C21H31N3O2.ClH/c1-3-26-17-6-4-16(5-7-17)24-10-8-15(9-11-24)18-12-14(2)13-19-20(18)23-21(25)22-19;/h12-13,15-17H,3-11H2,1-2H3,(H2,22,23,25);1H. The number of hydrogen-bond donors (Lipinski definition) is 2. The third-order valence-corrected chi connectivity index (χ3v) is 6.33. The van der Waals surface area contributed by atoms with Crippen LogP contribution >= 0.6 is 12.4 Å². The molecule has 2 N–H and O–H groups in total. The van der Waals surface area contributed by atoms with Gasteiger partial charge in [-0.1, -0.05) is 6.07 Å². The van der Waals surface area contributed by atoms with E-state index in [-0.39, 0.29) is 18.1 Å². The summed E-state index contributed by atoms with van der Waals surface area (Å²) in [6.07, 6.45) is 7.81. The first kappa shape index (κ1) is 20.4. The number of rotatable bonds is 4. The van der Waals surface area contributed by atoms with Crippen LogP contribution in [-0.2, 0) is 4.74 Å². The molecule has 2 aliphatic rings. The number of aromatic nitrogens is 2. The molecule has 1 saturated carbocycles. The number of aryl methyl sites for hydroxylation is 1. The fourth-order valence-corrected chi connectivity index (χ4v) is 5.03. The lowest BCUT2D eigenvalue weighted by Crippen LogP contribution is -2.43. The highest BCUT2D eigenvalue weighted by Crippen LogP contribution is 2.35. The molecule has 4 rings (SSSR count). The summed E-state index contributed by atoms with van der Waals surface area (Å²) in [6, 6.07) is 5.06. The SMILES string of the molecule is CCOC1CCC(N2CCC(c3cc(C)cc4[nH]c(=O)[nH]c34)CC2)CC1.Cl. The number of aromatic amines is 2. The van der Waals surface area contributed by atoms with Gasteiger partial charge in [-0.3, -0.25) is 0 Å². The molecule has 27 heavy (non-hydrogen) atoms. The maximum Gasteiger partial charge on any atom is 0.323 e. The van der Waals surface area contributed by atoms with Crippen molar-refractivity contribution in [2.45, 2.75) is 70.4 Å². The second kappa shape index (κ2) is 8.80. The van der Waals surface area contributed by atoms with Crippen LogP contribution in [0.5, 0.6) is 0 Å². The summed E-state index contributed by atoms with van der Waals surface area (Å²) in [4.78, 5) is 20.4. The fourth-order valence-electron chi connectivity index (χ4n) is 5.03. The van der Waals surface area contributed by atoms with Gasteiger partial charge in [-0.25, -0.2) is 4.79 Å². The molecule has 1 aromatic carbocycles. The molecular formula is C21H32ClN3O2. The van der Waals surface area contributed by atoms with Gasteiger partial charge in [0.25, 0.3) is 0 Å². The Hall–Kier alpha value is -1.30. The first-order chi connectivity index (χ1) is 12.6. The Morgan fingerprint density at radius 2 is 1.78 bits per heavy atom. The number of H-pyrrole nitrogens is 2. The lowest BCUT2D eigenvalue weighted by Gasteiger charge is -2.41. The largest absolute Gasteiger partial charge is 0.379 e. The number of nitrogens with one attached hydrogen (secondary N) is 2. The molecule has 0 radical (unpaired) electrons. The summed E-state index contributed by atoms with van der Waals surface area (Å²) in [7, 11) is 0. The second-order valence-electron chi connectivity index (χ2n) is 8.05. The average Bonchev–Trinajstić information content (AvgIpc) is 3.02. The topological polar surface area (TPSA) is 61.1 Å². The Balaban J connectivity index is 0.00000210. The summed E-state index contributed by atoms with van der Waals surface area (Å²) in [5.74, 6) is 0.542. The van der Waals surface area contributed by atoms with Gasteiger partial charge < -0.3 is 19.6 Å². The first-order valence-electron chi connectivity index (χ1n) is 10.2. The maximum atomic E-state index is 11.7. The third kappa shape index (κ3) is 4.41. The van der Waals surface area contributed by atoms with E-state index in [9.17, 15) is 4.79 Å². The minimum atomic E-state index is -0.102. The number of ether oxygens (including phenoxy) is 1. The fraction of sp³-hybridized carbons (Fsp3) is 0.667. The molecule has 150 valence electrons. The van der Waals surface area contributed by atoms with E-state index in [0.29, 0.717) is 12.0 Å². The second-order valence-corrected chi connectivity index (χ2v) is 8.05. The number of likely N-dealkylation sites (tertiary alicyclic amines) is 1. The Morgan fingerprint density at radius 3 is 2.44 bits per heavy atom. The number of halogens is 1. The van der Waals surface area contributed by atoms with Crippen molar-refractivity contribution < 1.29 is 4.74 Å². The molecule has 6 heteroatoms. The summed E-state index contributed by atoms with van der Waals surface area (Å²) < 4.78 is 5.80. The highest BCUT2D eigenvalue weighted by atomic mass is 35.5. The van der Waals surface area contributed by atoms with Crippen molar-refractivity contribution in [2.24, 2.45) is 0 Å². The van der Waals surface area contributed by atoms with Crippen LogP contribution in [-0.4, -0.2) is 46.7 Å². The summed E-state index contributed by atoms with van der Waals surface area (Å²) in [6.45, 7) is 7.38. The number of piperidine rings is 1. The van der Waals surface area contributed by atoms with Crippen LogP contribution in [0.3, 0.4) is 0 Å². The zero-order valence-electron chi connectivity index (χ0n) is 16.4. The van der Waals surface area contributed by atoms with Crippen molar-refractivity contribution in [3.05, 3.63) is 33.7 Å². The van der Waals surface area contributed by atoms with E-state index in [0.717, 1.165) is 23.7 Å². The van der Waals surface area contributed by atoms with E-state index in [1.54, 1.807) is 0 Å². The minimum absolute atomic E-state index is 0. The van der Waals surface area contributed by atoms with Crippen molar-refractivity contribution in [1.82, 2.24) is 14.9 Å². The summed E-state index contributed by atoms with van der Waals surface area (Å²) in [5, 5.41) is 0. The Labute approximate surface area is 167 Å². The van der Waals surface area contributed by atoms with E-state index < -0.39 is 0 Å². The zero-order valence-corrected chi connectivity index (χ0v) is 17.2. The lowest BCUT2D eigenvalue weighted by molar-refractivity contribution is 0.00948. The molecule has 0 spiro atoms. The predicted octanol–water partition coefficient (Wildman–Crippen LogP) is 4.11. The third-order valence-electron chi connectivity index (χ3n) is 6.33. The van der Waals surface area contributed by atoms with Gasteiger partial charge in [-0.05, 0) is 88.6 Å². The van der Waals surface area contributed by atoms with Gasteiger partial charge in [0.05, 0.1) is 17.1 Å². The van der Waals surface area contributed by atoms with Crippen molar-refractivity contribution in [3.63, 3.8) is 0 Å². The summed E-state index contributed by atoms with van der Waals surface area (Å²) in [5.41, 5.74) is 4.39. The van der Waals surface area contributed by atoms with Crippen LogP contribution < -0.4 is 5.69 Å².